The van der Waals surface area contributed by atoms with Crippen LogP contribution in [0.3, 0.4) is 0 Å². The number of Topliss-reactive ketones (excluding diaryl/α,β-unsaturated/α-hetero) is 1. The van der Waals surface area contributed by atoms with Crippen molar-refractivity contribution < 1.29 is 20.1 Å². The van der Waals surface area contributed by atoms with Gasteiger partial charge in [-0.1, -0.05) is 37.1 Å². The topological polar surface area (TPSA) is 80.6 Å². The van der Waals surface area contributed by atoms with Crippen molar-refractivity contribution >= 4 is 17.4 Å². The summed E-state index contributed by atoms with van der Waals surface area (Å²) in [5, 5.41) is 29.9. The van der Waals surface area contributed by atoms with E-state index in [1.54, 1.807) is 0 Å². The average Bonchev–Trinajstić information content (AvgIpc) is 2.26. The van der Waals surface area contributed by atoms with Gasteiger partial charge in [0.05, 0.1) is 10.6 Å². The second-order valence-corrected chi connectivity index (χ2v) is 4.19. The molecule has 4 nitrogen and oxygen atoms in total. The molecule has 1 rings (SSSR count). The number of unbranched alkanes of at least 4 members (excludes halogenated alkanes) is 2. The van der Waals surface area contributed by atoms with Gasteiger partial charge < -0.3 is 15.3 Å². The number of halogens is 1. The van der Waals surface area contributed by atoms with Crippen LogP contribution in [0, 0.1) is 0 Å². The van der Waals surface area contributed by atoms with Crippen LogP contribution in [-0.4, -0.2) is 16.0 Å². The fraction of sp³-hybridized carbons (Fsp3) is 0.417. The van der Waals surface area contributed by atoms with Gasteiger partial charge in [0.25, 0.3) is 0 Å². The Bertz CT molecular complexity index is 429. The van der Waals surface area contributed by atoms with E-state index >= 15 is 0 Å². The van der Waals surface area contributed by atoms with Crippen LogP contribution < -0.4 is 5.11 Å². The van der Waals surface area contributed by atoms with E-state index in [1.807, 2.05) is 6.92 Å². The van der Waals surface area contributed by atoms with E-state index in [9.17, 15) is 20.1 Å². The molecule has 1 aromatic carbocycles. The molecule has 5 heteroatoms. The van der Waals surface area contributed by atoms with Crippen LogP contribution in [-0.2, 0) is 0 Å². The van der Waals surface area contributed by atoms with Gasteiger partial charge in [0.1, 0.15) is 11.5 Å². The highest BCUT2D eigenvalue weighted by Gasteiger charge is 2.16. The van der Waals surface area contributed by atoms with E-state index in [4.69, 9.17) is 11.6 Å². The van der Waals surface area contributed by atoms with Crippen LogP contribution >= 0.6 is 11.6 Å². The number of hydrogen-bond donors (Lipinski definition) is 2. The molecule has 0 spiro atoms. The fourth-order valence-corrected chi connectivity index (χ4v) is 1.69. The molecule has 17 heavy (non-hydrogen) atoms. The maximum absolute atomic E-state index is 11.7. The molecule has 0 saturated heterocycles. The lowest BCUT2D eigenvalue weighted by atomic mass is 10.0. The summed E-state index contributed by atoms with van der Waals surface area (Å²) < 4.78 is 0. The summed E-state index contributed by atoms with van der Waals surface area (Å²) in [5.41, 5.74) is -0.330. The average molecular weight is 258 g/mol. The Morgan fingerprint density at radius 1 is 1.35 bits per heavy atom. The molecule has 1 aromatic rings. The molecular weight excluding hydrogens is 244 g/mol. The quantitative estimate of drug-likeness (QED) is 0.628. The number of carbonyl (C=O) groups excluding carboxylic acids is 1. The monoisotopic (exact) mass is 257 g/mol. The molecule has 0 amide bonds. The highest BCUT2D eigenvalue weighted by atomic mass is 35.5. The maximum atomic E-state index is 11.7. The van der Waals surface area contributed by atoms with Crippen molar-refractivity contribution in [1.29, 1.82) is 0 Å². The van der Waals surface area contributed by atoms with E-state index in [-0.39, 0.29) is 12.0 Å². The normalized spacial score (nSPS) is 10.5. The summed E-state index contributed by atoms with van der Waals surface area (Å²) in [4.78, 5) is 11.7. The summed E-state index contributed by atoms with van der Waals surface area (Å²) >= 11 is 5.53. The lowest BCUT2D eigenvalue weighted by Gasteiger charge is -2.17. The van der Waals surface area contributed by atoms with E-state index in [1.165, 1.54) is 0 Å². The molecule has 0 radical (unpaired) electrons. The van der Waals surface area contributed by atoms with Gasteiger partial charge in [0.2, 0.25) is 0 Å². The van der Waals surface area contributed by atoms with Gasteiger partial charge in [-0.25, -0.2) is 0 Å². The summed E-state index contributed by atoms with van der Waals surface area (Å²) in [5.74, 6) is -2.29. The third-order valence-corrected chi connectivity index (χ3v) is 2.83. The molecule has 0 fully saturated rings. The summed E-state index contributed by atoms with van der Waals surface area (Å²) in [7, 11) is 0. The molecule has 0 atom stereocenters. The van der Waals surface area contributed by atoms with Gasteiger partial charge in [-0.15, -0.1) is 0 Å². The van der Waals surface area contributed by atoms with Crippen molar-refractivity contribution in [2.45, 2.75) is 32.6 Å². The number of carbonyl (C=O) groups is 1. The third-order valence-electron chi connectivity index (χ3n) is 2.47. The molecule has 0 aliphatic heterocycles. The number of phenolic OH excluding ortho intramolecular Hbond substituents is 2. The Hall–Kier alpha value is -1.42. The number of ketones is 1. The molecule has 0 heterocycles. The second kappa shape index (κ2) is 5.77. The first-order valence-electron chi connectivity index (χ1n) is 5.43. The molecule has 0 aliphatic rings. The highest BCUT2D eigenvalue weighted by molar-refractivity contribution is 6.34. The first-order valence-corrected chi connectivity index (χ1v) is 5.81. The second-order valence-electron chi connectivity index (χ2n) is 3.81. The minimum atomic E-state index is -0.814. The Balaban J connectivity index is 2.97. The van der Waals surface area contributed by atoms with Gasteiger partial charge in [-0.3, -0.25) is 4.79 Å². The van der Waals surface area contributed by atoms with Crippen LogP contribution in [0.25, 0.3) is 0 Å². The molecular formula is C12H14ClO4-. The number of hydrogen-bond acceptors (Lipinski definition) is 4. The number of benzene rings is 1. The number of rotatable bonds is 5. The molecule has 0 saturated carbocycles. The zero-order valence-electron chi connectivity index (χ0n) is 9.49. The van der Waals surface area contributed by atoms with Crippen molar-refractivity contribution in [1.82, 2.24) is 0 Å². The van der Waals surface area contributed by atoms with Gasteiger partial charge >= 0.3 is 0 Å². The van der Waals surface area contributed by atoms with E-state index in [2.05, 4.69) is 0 Å². The molecule has 0 aliphatic carbocycles. The molecule has 0 bridgehead atoms. The van der Waals surface area contributed by atoms with E-state index in [0.717, 1.165) is 18.9 Å². The Morgan fingerprint density at radius 2 is 2.00 bits per heavy atom. The van der Waals surface area contributed by atoms with Gasteiger partial charge in [0, 0.05) is 12.5 Å². The largest absolute Gasteiger partial charge is 0.871 e. The number of phenols is 2. The van der Waals surface area contributed by atoms with Gasteiger partial charge in [-0.05, 0) is 6.42 Å². The first kappa shape index (κ1) is 13.6. The number of aromatic hydroxyl groups is 2. The minimum absolute atomic E-state index is 0.192. The van der Waals surface area contributed by atoms with E-state index in [0.29, 0.717) is 6.42 Å². The lowest BCUT2D eigenvalue weighted by Crippen LogP contribution is -2.06. The predicted octanol–water partition coefficient (Wildman–Crippen LogP) is 2.59. The Morgan fingerprint density at radius 3 is 2.59 bits per heavy atom. The molecule has 0 unspecified atom stereocenters. The van der Waals surface area contributed by atoms with Crippen LogP contribution in [0.2, 0.25) is 5.02 Å². The third kappa shape index (κ3) is 3.03. The van der Waals surface area contributed by atoms with Crippen molar-refractivity contribution in [2.75, 3.05) is 0 Å². The molecule has 2 N–H and O–H groups in total. The van der Waals surface area contributed by atoms with E-state index < -0.39 is 28.1 Å². The summed E-state index contributed by atoms with van der Waals surface area (Å²) in [6.07, 6.45) is 2.69. The van der Waals surface area contributed by atoms with Crippen molar-refractivity contribution in [3.8, 4) is 17.2 Å². The van der Waals surface area contributed by atoms with Crippen molar-refractivity contribution in [3.63, 3.8) is 0 Å². The SMILES string of the molecule is CCCCCC(=O)c1c(O)cc(O)c(Cl)c1[O-]. The summed E-state index contributed by atoms with van der Waals surface area (Å²) in [6, 6.07) is 0.913. The zero-order chi connectivity index (χ0) is 13.0. The zero-order valence-corrected chi connectivity index (χ0v) is 10.3. The van der Waals surface area contributed by atoms with Crippen molar-refractivity contribution in [2.24, 2.45) is 0 Å². The van der Waals surface area contributed by atoms with Crippen LogP contribution in [0.15, 0.2) is 6.07 Å². The smallest absolute Gasteiger partial charge is 0.166 e. The van der Waals surface area contributed by atoms with Crippen LogP contribution in [0.1, 0.15) is 43.0 Å². The Kier molecular flexibility index (Phi) is 4.63. The van der Waals surface area contributed by atoms with Crippen molar-refractivity contribution in [3.05, 3.63) is 16.7 Å². The standard InChI is InChI=1S/C12H15ClO4/c1-2-3-4-5-7(14)10-8(15)6-9(16)11(13)12(10)17/h6,15-17H,2-5H2,1H3/p-1. The fourth-order valence-electron chi connectivity index (χ4n) is 1.54. The highest BCUT2D eigenvalue weighted by Crippen LogP contribution is 2.39. The van der Waals surface area contributed by atoms with Gasteiger partial charge in [0.15, 0.2) is 5.78 Å². The van der Waals surface area contributed by atoms with Crippen LogP contribution in [0.4, 0.5) is 0 Å². The van der Waals surface area contributed by atoms with Crippen LogP contribution in [0.5, 0.6) is 17.2 Å². The summed E-state index contributed by atoms with van der Waals surface area (Å²) in [6.45, 7) is 2.00. The minimum Gasteiger partial charge on any atom is -0.871 e. The Labute approximate surface area is 104 Å². The van der Waals surface area contributed by atoms with Gasteiger partial charge in [-0.2, -0.15) is 0 Å². The molecule has 94 valence electrons. The molecule has 0 aromatic heterocycles. The predicted molar refractivity (Wildman–Crippen MR) is 62.7 cm³/mol. The first-order chi connectivity index (χ1) is 7.99. The maximum Gasteiger partial charge on any atom is 0.166 e. The lowest BCUT2D eigenvalue weighted by molar-refractivity contribution is -0.268.